The van der Waals surface area contributed by atoms with Crippen LogP contribution >= 0.6 is 0 Å². The van der Waals surface area contributed by atoms with Crippen LogP contribution in [0, 0.1) is 0 Å². The topological polar surface area (TPSA) is 48.7 Å². The Balaban J connectivity index is 1.50. The maximum Gasteiger partial charge on any atom is 0.194 e. The summed E-state index contributed by atoms with van der Waals surface area (Å²) in [5, 5.41) is 7.67. The number of rotatable bonds is 6. The number of para-hydroxylation sites is 1. The first kappa shape index (κ1) is 17.3. The molecule has 25 heavy (non-hydrogen) atoms. The maximum absolute atomic E-state index is 4.81. The van der Waals surface area contributed by atoms with E-state index in [0.29, 0.717) is 0 Å². The molecule has 1 N–H and O–H groups in total. The van der Waals surface area contributed by atoms with Gasteiger partial charge >= 0.3 is 0 Å². The first-order valence-corrected chi connectivity index (χ1v) is 9.17. The normalized spacial score (nSPS) is 15.5. The van der Waals surface area contributed by atoms with Crippen molar-refractivity contribution >= 4 is 11.6 Å². The molecular weight excluding hydrogens is 312 g/mol. The van der Waals surface area contributed by atoms with Gasteiger partial charge in [0.2, 0.25) is 0 Å². The summed E-state index contributed by atoms with van der Waals surface area (Å²) in [5.41, 5.74) is 1.31. The Morgan fingerprint density at radius 3 is 2.60 bits per heavy atom. The van der Waals surface area contributed by atoms with Gasteiger partial charge < -0.3 is 15.1 Å². The Labute approximate surface area is 150 Å². The Bertz CT molecular complexity index is 629. The molecule has 134 valence electrons. The predicted molar refractivity (Wildman–Crippen MR) is 103 cm³/mol. The van der Waals surface area contributed by atoms with Crippen LogP contribution in [0.3, 0.4) is 0 Å². The summed E-state index contributed by atoms with van der Waals surface area (Å²) in [4.78, 5) is 9.62. The zero-order chi connectivity index (χ0) is 17.3. The molecule has 0 saturated carbocycles. The molecular formula is C19H28N6. The second-order valence-corrected chi connectivity index (χ2v) is 6.17. The smallest absolute Gasteiger partial charge is 0.194 e. The first-order valence-electron chi connectivity index (χ1n) is 9.17. The fourth-order valence-electron chi connectivity index (χ4n) is 3.09. The Morgan fingerprint density at radius 2 is 1.92 bits per heavy atom. The van der Waals surface area contributed by atoms with E-state index in [4.69, 9.17) is 4.99 Å². The van der Waals surface area contributed by atoms with Crippen LogP contribution in [0.25, 0.3) is 0 Å². The molecule has 1 saturated heterocycles. The molecule has 6 nitrogen and oxygen atoms in total. The van der Waals surface area contributed by atoms with Gasteiger partial charge in [0.25, 0.3) is 0 Å². The fraction of sp³-hybridized carbons (Fsp3) is 0.474. The van der Waals surface area contributed by atoms with Crippen molar-refractivity contribution in [2.24, 2.45) is 4.99 Å². The Morgan fingerprint density at radius 1 is 1.12 bits per heavy atom. The summed E-state index contributed by atoms with van der Waals surface area (Å²) >= 11 is 0. The highest BCUT2D eigenvalue weighted by molar-refractivity contribution is 5.80. The van der Waals surface area contributed by atoms with Crippen molar-refractivity contribution in [2.75, 3.05) is 44.2 Å². The fourth-order valence-corrected chi connectivity index (χ4v) is 3.09. The van der Waals surface area contributed by atoms with Gasteiger partial charge in [-0.3, -0.25) is 9.67 Å². The van der Waals surface area contributed by atoms with E-state index in [9.17, 15) is 0 Å². The predicted octanol–water partition coefficient (Wildman–Crippen LogP) is 2.06. The van der Waals surface area contributed by atoms with E-state index in [1.165, 1.54) is 5.69 Å². The van der Waals surface area contributed by atoms with Crippen LogP contribution in [-0.2, 0) is 6.54 Å². The van der Waals surface area contributed by atoms with E-state index in [-0.39, 0.29) is 0 Å². The molecule has 2 heterocycles. The maximum atomic E-state index is 4.81. The quantitative estimate of drug-likeness (QED) is 0.497. The number of piperazine rings is 1. The van der Waals surface area contributed by atoms with Crippen LogP contribution in [0.2, 0.25) is 0 Å². The number of nitrogens with one attached hydrogen (secondary N) is 1. The van der Waals surface area contributed by atoms with Crippen LogP contribution in [-0.4, -0.2) is 59.9 Å². The minimum atomic E-state index is 0.821. The highest BCUT2D eigenvalue weighted by Crippen LogP contribution is 2.15. The van der Waals surface area contributed by atoms with Gasteiger partial charge in [0.05, 0.1) is 0 Å². The van der Waals surface area contributed by atoms with Crippen molar-refractivity contribution < 1.29 is 0 Å². The van der Waals surface area contributed by atoms with Crippen molar-refractivity contribution in [1.82, 2.24) is 20.0 Å². The number of benzene rings is 1. The molecule has 1 aliphatic heterocycles. The van der Waals surface area contributed by atoms with Crippen molar-refractivity contribution in [1.29, 1.82) is 0 Å². The van der Waals surface area contributed by atoms with Gasteiger partial charge in [-0.25, -0.2) is 0 Å². The molecule has 0 spiro atoms. The molecule has 1 fully saturated rings. The van der Waals surface area contributed by atoms with E-state index >= 15 is 0 Å². The molecule has 6 heteroatoms. The lowest BCUT2D eigenvalue weighted by Crippen LogP contribution is -2.52. The Kier molecular flexibility index (Phi) is 6.31. The summed E-state index contributed by atoms with van der Waals surface area (Å²) in [5.74, 6) is 1.04. The average Bonchev–Trinajstić information content (AvgIpc) is 3.19. The van der Waals surface area contributed by atoms with E-state index in [0.717, 1.165) is 58.2 Å². The van der Waals surface area contributed by atoms with Crippen LogP contribution < -0.4 is 10.2 Å². The van der Waals surface area contributed by atoms with E-state index in [2.05, 4.69) is 57.5 Å². The number of aliphatic imine (C=N–C) groups is 1. The number of hydrogen-bond acceptors (Lipinski definition) is 3. The SMILES string of the molecule is CCNC(=NCCCn1cccn1)N1CCN(c2ccccc2)CC1. The Hall–Kier alpha value is -2.50. The van der Waals surface area contributed by atoms with Crippen LogP contribution in [0.5, 0.6) is 0 Å². The van der Waals surface area contributed by atoms with Crippen molar-refractivity contribution in [3.05, 3.63) is 48.8 Å². The first-order chi connectivity index (χ1) is 12.4. The van der Waals surface area contributed by atoms with Gasteiger partial charge in [0, 0.05) is 63.9 Å². The second kappa shape index (κ2) is 9.11. The lowest BCUT2D eigenvalue weighted by Gasteiger charge is -2.37. The van der Waals surface area contributed by atoms with Crippen molar-refractivity contribution in [3.8, 4) is 0 Å². The highest BCUT2D eigenvalue weighted by atomic mass is 15.3. The lowest BCUT2D eigenvalue weighted by molar-refractivity contribution is 0.372. The molecule has 1 aliphatic rings. The minimum absolute atomic E-state index is 0.821. The van der Waals surface area contributed by atoms with Crippen LogP contribution in [0.15, 0.2) is 53.8 Å². The number of anilines is 1. The van der Waals surface area contributed by atoms with Crippen molar-refractivity contribution in [2.45, 2.75) is 19.9 Å². The van der Waals surface area contributed by atoms with Gasteiger partial charge in [-0.1, -0.05) is 18.2 Å². The number of hydrogen-bond donors (Lipinski definition) is 1. The van der Waals surface area contributed by atoms with Gasteiger partial charge in [-0.05, 0) is 31.5 Å². The minimum Gasteiger partial charge on any atom is -0.368 e. The number of aromatic nitrogens is 2. The highest BCUT2D eigenvalue weighted by Gasteiger charge is 2.19. The third kappa shape index (κ3) is 4.98. The average molecular weight is 340 g/mol. The van der Waals surface area contributed by atoms with E-state index < -0.39 is 0 Å². The summed E-state index contributed by atoms with van der Waals surface area (Å²) in [7, 11) is 0. The number of aryl methyl sites for hydroxylation is 1. The molecule has 0 bridgehead atoms. The third-order valence-electron chi connectivity index (χ3n) is 4.40. The molecule has 0 radical (unpaired) electrons. The summed E-state index contributed by atoms with van der Waals surface area (Å²) < 4.78 is 1.96. The van der Waals surface area contributed by atoms with Crippen molar-refractivity contribution in [3.63, 3.8) is 0 Å². The second-order valence-electron chi connectivity index (χ2n) is 6.17. The zero-order valence-corrected chi connectivity index (χ0v) is 15.0. The molecule has 3 rings (SSSR count). The van der Waals surface area contributed by atoms with Crippen LogP contribution in [0.1, 0.15) is 13.3 Å². The standard InChI is InChI=1S/C19H28N6/c1-2-20-19(21-10-6-12-25-13-7-11-22-25)24-16-14-23(15-17-24)18-8-4-3-5-9-18/h3-5,7-9,11,13H,2,6,10,12,14-17H2,1H3,(H,20,21). The van der Waals surface area contributed by atoms with Gasteiger partial charge in [0.1, 0.15) is 0 Å². The number of guanidine groups is 1. The monoisotopic (exact) mass is 340 g/mol. The van der Waals surface area contributed by atoms with Gasteiger partial charge in [0.15, 0.2) is 5.96 Å². The zero-order valence-electron chi connectivity index (χ0n) is 15.0. The molecule has 0 unspecified atom stereocenters. The van der Waals surface area contributed by atoms with Gasteiger partial charge in [-0.2, -0.15) is 5.10 Å². The molecule has 0 aliphatic carbocycles. The molecule has 1 aromatic heterocycles. The summed E-state index contributed by atoms with van der Waals surface area (Å²) in [6, 6.07) is 12.6. The molecule has 1 aromatic carbocycles. The lowest BCUT2D eigenvalue weighted by atomic mass is 10.2. The largest absolute Gasteiger partial charge is 0.368 e. The van der Waals surface area contributed by atoms with E-state index in [1.807, 2.05) is 23.1 Å². The molecule has 2 aromatic rings. The van der Waals surface area contributed by atoms with E-state index in [1.54, 1.807) is 0 Å². The summed E-state index contributed by atoms with van der Waals surface area (Å²) in [6.45, 7) is 8.82. The van der Waals surface area contributed by atoms with Gasteiger partial charge in [-0.15, -0.1) is 0 Å². The third-order valence-corrected chi connectivity index (χ3v) is 4.40. The van der Waals surface area contributed by atoms with Crippen LogP contribution in [0.4, 0.5) is 5.69 Å². The number of nitrogens with zero attached hydrogens (tertiary/aromatic N) is 5. The molecule has 0 amide bonds. The summed E-state index contributed by atoms with van der Waals surface area (Å²) in [6.07, 6.45) is 4.82. The molecule has 0 atom stereocenters.